The Morgan fingerprint density at radius 1 is 0.880 bits per heavy atom. The Morgan fingerprint density at radius 3 is 2.08 bits per heavy atom. The largest absolute Gasteiger partial charge is 0.353 e. The third-order valence-corrected chi connectivity index (χ3v) is 7.02. The van der Waals surface area contributed by atoms with Crippen LogP contribution in [0.3, 0.4) is 0 Å². The van der Waals surface area contributed by atoms with Gasteiger partial charge < -0.3 is 16.0 Å². The zero-order valence-corrected chi connectivity index (χ0v) is 15.3. The molecule has 140 valence electrons. The van der Waals surface area contributed by atoms with Gasteiger partial charge in [-0.05, 0) is 69.1 Å². The Kier molecular flexibility index (Phi) is 4.92. The quantitative estimate of drug-likeness (QED) is 0.715. The van der Waals surface area contributed by atoms with Crippen molar-refractivity contribution in [1.82, 2.24) is 16.0 Å². The highest BCUT2D eigenvalue weighted by Gasteiger charge is 2.51. The van der Waals surface area contributed by atoms with Crippen molar-refractivity contribution in [3.63, 3.8) is 0 Å². The highest BCUT2D eigenvalue weighted by atomic mass is 16.2. The maximum Gasteiger partial charge on any atom is 0.315 e. The second-order valence-electron chi connectivity index (χ2n) is 9.23. The summed E-state index contributed by atoms with van der Waals surface area (Å²) in [7, 11) is 0. The molecule has 0 aromatic rings. The van der Waals surface area contributed by atoms with Crippen LogP contribution in [0.5, 0.6) is 0 Å². The van der Waals surface area contributed by atoms with Crippen LogP contribution in [0.25, 0.3) is 0 Å². The molecule has 4 bridgehead atoms. The molecule has 5 nitrogen and oxygen atoms in total. The van der Waals surface area contributed by atoms with Crippen molar-refractivity contribution >= 4 is 11.9 Å². The van der Waals surface area contributed by atoms with Gasteiger partial charge in [-0.1, -0.05) is 19.3 Å². The Hall–Kier alpha value is -1.26. The number of hydrogen-bond donors (Lipinski definition) is 3. The summed E-state index contributed by atoms with van der Waals surface area (Å²) in [4.78, 5) is 24.4. The maximum absolute atomic E-state index is 12.3. The average Bonchev–Trinajstić information content (AvgIpc) is 2.53. The molecule has 0 radical (unpaired) electrons. The molecule has 0 aliphatic heterocycles. The van der Waals surface area contributed by atoms with Gasteiger partial charge in [-0.3, -0.25) is 4.79 Å². The summed E-state index contributed by atoms with van der Waals surface area (Å²) in [6.07, 6.45) is 13.9. The fourth-order valence-corrected chi connectivity index (χ4v) is 6.39. The molecule has 0 heterocycles. The van der Waals surface area contributed by atoms with Gasteiger partial charge >= 0.3 is 6.03 Å². The molecule has 0 aromatic heterocycles. The lowest BCUT2D eigenvalue weighted by atomic mass is 9.53. The van der Waals surface area contributed by atoms with E-state index < -0.39 is 0 Å². The van der Waals surface area contributed by atoms with E-state index in [1.807, 2.05) is 0 Å². The van der Waals surface area contributed by atoms with Crippen molar-refractivity contribution in [3.05, 3.63) is 0 Å². The first-order valence-corrected chi connectivity index (χ1v) is 10.5. The molecule has 3 N–H and O–H groups in total. The molecular formula is C20H33N3O2. The van der Waals surface area contributed by atoms with Gasteiger partial charge in [0.05, 0.1) is 0 Å². The van der Waals surface area contributed by atoms with Gasteiger partial charge in [-0.25, -0.2) is 4.79 Å². The Bertz CT molecular complexity index is 478. The van der Waals surface area contributed by atoms with E-state index in [9.17, 15) is 9.59 Å². The maximum atomic E-state index is 12.3. The number of hydrogen-bond acceptors (Lipinski definition) is 2. The van der Waals surface area contributed by atoms with Gasteiger partial charge in [0.2, 0.25) is 5.91 Å². The lowest BCUT2D eigenvalue weighted by molar-refractivity contribution is -0.121. The van der Waals surface area contributed by atoms with E-state index in [0.29, 0.717) is 19.0 Å². The first kappa shape index (κ1) is 17.2. The van der Waals surface area contributed by atoms with Gasteiger partial charge in [0.15, 0.2) is 0 Å². The molecule has 5 aliphatic rings. The first-order chi connectivity index (χ1) is 12.1. The number of rotatable bonds is 5. The average molecular weight is 348 g/mol. The van der Waals surface area contributed by atoms with Gasteiger partial charge in [-0.2, -0.15) is 0 Å². The predicted octanol–water partition coefficient (Wildman–Crippen LogP) is 3.09. The van der Waals surface area contributed by atoms with Crippen LogP contribution >= 0.6 is 0 Å². The number of urea groups is 1. The first-order valence-electron chi connectivity index (χ1n) is 10.5. The molecule has 5 fully saturated rings. The molecule has 5 aliphatic carbocycles. The van der Waals surface area contributed by atoms with Crippen molar-refractivity contribution in [1.29, 1.82) is 0 Å². The standard InChI is InChI=1S/C20H33N3O2/c24-18(22-17-4-2-1-3-5-17)6-7-21-19(25)23-20-11-14-8-15(12-20)10-16(9-14)13-20/h14-17H,1-13H2,(H,22,24)(H2,21,23,25). The van der Waals surface area contributed by atoms with Crippen molar-refractivity contribution in [2.24, 2.45) is 17.8 Å². The summed E-state index contributed by atoms with van der Waals surface area (Å²) in [6, 6.07) is 0.273. The highest BCUT2D eigenvalue weighted by Crippen LogP contribution is 2.55. The predicted molar refractivity (Wildman–Crippen MR) is 97.1 cm³/mol. The monoisotopic (exact) mass is 347 g/mol. The summed E-state index contributed by atoms with van der Waals surface area (Å²) >= 11 is 0. The molecule has 5 rings (SSSR count). The van der Waals surface area contributed by atoms with E-state index in [0.717, 1.165) is 49.9 Å². The van der Waals surface area contributed by atoms with Crippen LogP contribution in [-0.4, -0.2) is 30.1 Å². The summed E-state index contributed by atoms with van der Waals surface area (Å²) in [6.45, 7) is 0.427. The molecule has 0 unspecified atom stereocenters. The van der Waals surface area contributed by atoms with Crippen LogP contribution in [0.4, 0.5) is 4.79 Å². The molecule has 3 amide bonds. The number of amides is 3. The van der Waals surface area contributed by atoms with Crippen LogP contribution in [-0.2, 0) is 4.79 Å². The Labute approximate surface area is 151 Å². The van der Waals surface area contributed by atoms with E-state index >= 15 is 0 Å². The molecule has 0 aromatic carbocycles. The molecule has 5 saturated carbocycles. The fourth-order valence-electron chi connectivity index (χ4n) is 6.39. The van der Waals surface area contributed by atoms with Crippen LogP contribution in [0, 0.1) is 17.8 Å². The van der Waals surface area contributed by atoms with Crippen LogP contribution < -0.4 is 16.0 Å². The van der Waals surface area contributed by atoms with Gasteiger partial charge in [0.1, 0.15) is 0 Å². The molecule has 25 heavy (non-hydrogen) atoms. The van der Waals surface area contributed by atoms with Crippen molar-refractivity contribution < 1.29 is 9.59 Å². The van der Waals surface area contributed by atoms with Crippen molar-refractivity contribution in [3.8, 4) is 0 Å². The SMILES string of the molecule is O=C(CCNC(=O)NC12CC3CC(CC(C3)C1)C2)NC1CCCCC1. The lowest BCUT2D eigenvalue weighted by Crippen LogP contribution is -2.61. The van der Waals surface area contributed by atoms with Crippen molar-refractivity contribution in [2.75, 3.05) is 6.54 Å². The van der Waals surface area contributed by atoms with E-state index in [1.165, 1.54) is 38.5 Å². The van der Waals surface area contributed by atoms with Gasteiger partial charge in [0, 0.05) is 24.5 Å². The van der Waals surface area contributed by atoms with Gasteiger partial charge in [-0.15, -0.1) is 0 Å². The topological polar surface area (TPSA) is 70.2 Å². The van der Waals surface area contributed by atoms with E-state index in [1.54, 1.807) is 0 Å². The van der Waals surface area contributed by atoms with Gasteiger partial charge in [0.25, 0.3) is 0 Å². The lowest BCUT2D eigenvalue weighted by Gasteiger charge is -2.56. The second-order valence-corrected chi connectivity index (χ2v) is 9.23. The van der Waals surface area contributed by atoms with E-state index in [4.69, 9.17) is 0 Å². The molecule has 0 saturated heterocycles. The van der Waals surface area contributed by atoms with Crippen LogP contribution in [0.1, 0.15) is 77.0 Å². The van der Waals surface area contributed by atoms with E-state index in [-0.39, 0.29) is 17.5 Å². The van der Waals surface area contributed by atoms with Crippen LogP contribution in [0.15, 0.2) is 0 Å². The summed E-state index contributed by atoms with van der Waals surface area (Å²) < 4.78 is 0. The zero-order valence-electron chi connectivity index (χ0n) is 15.3. The molecular weight excluding hydrogens is 314 g/mol. The zero-order chi connectivity index (χ0) is 17.3. The van der Waals surface area contributed by atoms with Crippen molar-refractivity contribution in [2.45, 2.75) is 88.6 Å². The number of carbonyl (C=O) groups excluding carboxylic acids is 2. The fraction of sp³-hybridized carbons (Fsp3) is 0.900. The molecule has 5 heteroatoms. The second kappa shape index (κ2) is 7.16. The Morgan fingerprint density at radius 2 is 1.48 bits per heavy atom. The normalized spacial score (nSPS) is 36.9. The summed E-state index contributed by atoms with van der Waals surface area (Å²) in [5, 5.41) is 9.32. The third-order valence-electron chi connectivity index (χ3n) is 7.02. The summed E-state index contributed by atoms with van der Waals surface area (Å²) in [5.41, 5.74) is 0.0448. The minimum absolute atomic E-state index is 0.0448. The van der Waals surface area contributed by atoms with Crippen LogP contribution in [0.2, 0.25) is 0 Å². The minimum Gasteiger partial charge on any atom is -0.353 e. The minimum atomic E-state index is -0.0765. The number of carbonyl (C=O) groups is 2. The highest BCUT2D eigenvalue weighted by molar-refractivity contribution is 5.78. The molecule has 0 atom stereocenters. The molecule has 0 spiro atoms. The Balaban J connectivity index is 1.17. The smallest absolute Gasteiger partial charge is 0.315 e. The summed E-state index contributed by atoms with van der Waals surface area (Å²) in [5.74, 6) is 2.55. The van der Waals surface area contributed by atoms with E-state index in [2.05, 4.69) is 16.0 Å². The number of nitrogens with one attached hydrogen (secondary N) is 3. The third kappa shape index (κ3) is 4.12.